The summed E-state index contributed by atoms with van der Waals surface area (Å²) in [5.41, 5.74) is 1.12. The van der Waals surface area contributed by atoms with E-state index >= 15 is 0 Å². The van der Waals surface area contributed by atoms with Crippen molar-refractivity contribution in [3.8, 4) is 5.75 Å². The van der Waals surface area contributed by atoms with E-state index in [-0.39, 0.29) is 12.2 Å². The van der Waals surface area contributed by atoms with Crippen LogP contribution in [0.25, 0.3) is 0 Å². The molecule has 0 fully saturated rings. The van der Waals surface area contributed by atoms with Crippen LogP contribution < -0.4 is 4.74 Å². The monoisotopic (exact) mass is 343 g/mol. The number of halogens is 3. The number of alkyl halides is 2. The number of hydrogen-bond donors (Lipinski definition) is 1. The fourth-order valence-electron chi connectivity index (χ4n) is 1.86. The molecule has 1 aromatic carbocycles. The van der Waals surface area contributed by atoms with Crippen molar-refractivity contribution in [2.24, 2.45) is 0 Å². The fourth-order valence-corrected chi connectivity index (χ4v) is 2.27. The minimum Gasteiger partial charge on any atom is -0.434 e. The normalized spacial score (nSPS) is 12.4. The molecule has 0 amide bonds. The van der Waals surface area contributed by atoms with Gasteiger partial charge in [-0.3, -0.25) is 4.98 Å². The van der Waals surface area contributed by atoms with Crippen molar-refractivity contribution in [1.82, 2.24) is 4.98 Å². The number of aliphatic hydroxyl groups is 1. The van der Waals surface area contributed by atoms with Gasteiger partial charge in [-0.25, -0.2) is 0 Å². The molecule has 0 aliphatic carbocycles. The molecule has 0 aliphatic rings. The average Bonchev–Trinajstić information content (AvgIpc) is 2.38. The van der Waals surface area contributed by atoms with E-state index in [9.17, 15) is 13.9 Å². The maximum absolute atomic E-state index is 12.3. The second-order valence-electron chi connectivity index (χ2n) is 4.15. The molecule has 1 N–H and O–H groups in total. The predicted molar refractivity (Wildman–Crippen MR) is 73.7 cm³/mol. The van der Waals surface area contributed by atoms with Crippen LogP contribution in [0.2, 0.25) is 0 Å². The highest BCUT2D eigenvalue weighted by molar-refractivity contribution is 9.10. The molecule has 0 radical (unpaired) electrons. The first kappa shape index (κ1) is 14.9. The van der Waals surface area contributed by atoms with Gasteiger partial charge in [0, 0.05) is 28.9 Å². The van der Waals surface area contributed by atoms with Crippen LogP contribution >= 0.6 is 15.9 Å². The van der Waals surface area contributed by atoms with Crippen LogP contribution in [0.15, 0.2) is 47.2 Å². The van der Waals surface area contributed by atoms with Gasteiger partial charge >= 0.3 is 6.61 Å². The van der Waals surface area contributed by atoms with E-state index in [4.69, 9.17) is 0 Å². The summed E-state index contributed by atoms with van der Waals surface area (Å²) >= 11 is 3.29. The minimum atomic E-state index is -2.92. The van der Waals surface area contributed by atoms with Gasteiger partial charge in [0.1, 0.15) is 5.75 Å². The lowest BCUT2D eigenvalue weighted by Gasteiger charge is -2.15. The minimum absolute atomic E-state index is 0.0158. The van der Waals surface area contributed by atoms with Crippen LogP contribution in [0.3, 0.4) is 0 Å². The van der Waals surface area contributed by atoms with Crippen molar-refractivity contribution in [2.45, 2.75) is 19.1 Å². The van der Waals surface area contributed by atoms with E-state index in [1.807, 2.05) is 6.07 Å². The third-order valence-electron chi connectivity index (χ3n) is 2.68. The summed E-state index contributed by atoms with van der Waals surface area (Å²) in [7, 11) is 0. The third-order valence-corrected chi connectivity index (χ3v) is 3.12. The molecule has 6 heteroatoms. The number of nitrogens with zero attached hydrogens (tertiary/aromatic N) is 1. The number of para-hydroxylation sites is 1. The van der Waals surface area contributed by atoms with Crippen molar-refractivity contribution in [3.63, 3.8) is 0 Å². The first-order valence-corrected chi connectivity index (χ1v) is 6.67. The van der Waals surface area contributed by atoms with Gasteiger partial charge < -0.3 is 9.84 Å². The number of ether oxygens (including phenoxy) is 1. The lowest BCUT2D eigenvalue weighted by molar-refractivity contribution is -0.0515. The zero-order valence-electron chi connectivity index (χ0n) is 10.3. The summed E-state index contributed by atoms with van der Waals surface area (Å²) in [6, 6.07) is 8.02. The summed E-state index contributed by atoms with van der Waals surface area (Å²) in [4.78, 5) is 3.99. The van der Waals surface area contributed by atoms with Crippen LogP contribution in [-0.2, 0) is 6.42 Å². The third kappa shape index (κ3) is 3.98. The Balaban J connectivity index is 2.18. The molecule has 1 atom stereocenters. The maximum atomic E-state index is 12.3. The Hall–Kier alpha value is -1.53. The Morgan fingerprint density at radius 2 is 2.00 bits per heavy atom. The molecule has 1 unspecified atom stereocenters. The van der Waals surface area contributed by atoms with Gasteiger partial charge in [-0.15, -0.1) is 0 Å². The molecule has 1 heterocycles. The van der Waals surface area contributed by atoms with Gasteiger partial charge in [0.25, 0.3) is 0 Å². The lowest BCUT2D eigenvalue weighted by Crippen LogP contribution is -2.08. The van der Waals surface area contributed by atoms with E-state index in [1.54, 1.807) is 30.6 Å². The molecule has 106 valence electrons. The zero-order chi connectivity index (χ0) is 14.5. The number of aliphatic hydroxyl groups excluding tert-OH is 1. The van der Waals surface area contributed by atoms with E-state index in [0.29, 0.717) is 5.56 Å². The highest BCUT2D eigenvalue weighted by Crippen LogP contribution is 2.29. The predicted octanol–water partition coefficient (Wildman–Crippen LogP) is 3.72. The molecular weight excluding hydrogens is 332 g/mol. The van der Waals surface area contributed by atoms with Crippen molar-refractivity contribution >= 4 is 15.9 Å². The summed E-state index contributed by atoms with van der Waals surface area (Å²) < 4.78 is 29.8. The number of rotatable bonds is 5. The number of hydrogen-bond acceptors (Lipinski definition) is 3. The largest absolute Gasteiger partial charge is 0.434 e. The van der Waals surface area contributed by atoms with Gasteiger partial charge in [-0.05, 0) is 33.6 Å². The standard InChI is InChI=1S/C14H12BrF2NO2/c15-10-5-9(7-18-8-10)6-12(19)11-3-1-2-4-13(11)20-14(16)17/h1-5,7-8,12,14,19H,6H2. The Bertz CT molecular complexity index is 581. The molecule has 1 aromatic heterocycles. The molecule has 0 aliphatic heterocycles. The second-order valence-corrected chi connectivity index (χ2v) is 5.06. The van der Waals surface area contributed by atoms with E-state index in [2.05, 4.69) is 25.7 Å². The highest BCUT2D eigenvalue weighted by Gasteiger charge is 2.16. The summed E-state index contributed by atoms with van der Waals surface area (Å²) in [5, 5.41) is 10.2. The molecule has 0 saturated heterocycles. The Labute approximate surface area is 123 Å². The topological polar surface area (TPSA) is 42.4 Å². The van der Waals surface area contributed by atoms with E-state index in [1.165, 1.54) is 6.07 Å². The Morgan fingerprint density at radius 1 is 1.25 bits per heavy atom. The lowest BCUT2D eigenvalue weighted by atomic mass is 10.0. The van der Waals surface area contributed by atoms with Crippen molar-refractivity contribution in [3.05, 3.63) is 58.3 Å². The molecular formula is C14H12BrF2NO2. The number of aromatic nitrogens is 1. The quantitative estimate of drug-likeness (QED) is 0.899. The summed E-state index contributed by atoms with van der Waals surface area (Å²) in [6.07, 6.45) is 2.56. The van der Waals surface area contributed by atoms with Gasteiger partial charge in [-0.1, -0.05) is 18.2 Å². The average molecular weight is 344 g/mol. The molecule has 0 saturated carbocycles. The SMILES string of the molecule is OC(Cc1cncc(Br)c1)c1ccccc1OC(F)F. The first-order chi connectivity index (χ1) is 9.56. The van der Waals surface area contributed by atoms with Crippen molar-refractivity contribution < 1.29 is 18.6 Å². The van der Waals surface area contributed by atoms with Crippen LogP contribution in [0.1, 0.15) is 17.2 Å². The van der Waals surface area contributed by atoms with Gasteiger partial charge in [0.15, 0.2) is 0 Å². The molecule has 0 spiro atoms. The van der Waals surface area contributed by atoms with Gasteiger partial charge in [-0.2, -0.15) is 8.78 Å². The number of benzene rings is 1. The van der Waals surface area contributed by atoms with Crippen LogP contribution in [0.5, 0.6) is 5.75 Å². The summed E-state index contributed by atoms with van der Waals surface area (Å²) in [6.45, 7) is -2.92. The zero-order valence-corrected chi connectivity index (χ0v) is 11.9. The Morgan fingerprint density at radius 3 is 2.70 bits per heavy atom. The maximum Gasteiger partial charge on any atom is 0.387 e. The fraction of sp³-hybridized carbons (Fsp3) is 0.214. The highest BCUT2D eigenvalue weighted by atomic mass is 79.9. The van der Waals surface area contributed by atoms with Crippen LogP contribution in [0, 0.1) is 0 Å². The molecule has 20 heavy (non-hydrogen) atoms. The molecule has 0 bridgehead atoms. The summed E-state index contributed by atoms with van der Waals surface area (Å²) in [5.74, 6) is -0.0158. The van der Waals surface area contributed by atoms with E-state index in [0.717, 1.165) is 10.0 Å². The number of pyridine rings is 1. The first-order valence-electron chi connectivity index (χ1n) is 5.87. The molecule has 2 aromatic rings. The van der Waals surface area contributed by atoms with Crippen molar-refractivity contribution in [1.29, 1.82) is 0 Å². The Kier molecular flexibility index (Phi) is 5.03. The van der Waals surface area contributed by atoms with E-state index < -0.39 is 12.7 Å². The van der Waals surface area contributed by atoms with Crippen LogP contribution in [-0.4, -0.2) is 16.7 Å². The smallest absolute Gasteiger partial charge is 0.387 e. The van der Waals surface area contributed by atoms with Crippen molar-refractivity contribution in [2.75, 3.05) is 0 Å². The second kappa shape index (κ2) is 6.76. The molecule has 2 rings (SSSR count). The van der Waals surface area contributed by atoms with Gasteiger partial charge in [0.2, 0.25) is 0 Å². The van der Waals surface area contributed by atoms with Crippen LogP contribution in [0.4, 0.5) is 8.78 Å². The van der Waals surface area contributed by atoms with Gasteiger partial charge in [0.05, 0.1) is 6.10 Å². The molecule has 3 nitrogen and oxygen atoms in total.